The van der Waals surface area contributed by atoms with E-state index in [9.17, 15) is 0 Å². The van der Waals surface area contributed by atoms with Crippen LogP contribution in [0.15, 0.2) is 279 Å². The lowest BCUT2D eigenvalue weighted by molar-refractivity contribution is 0.793. The quantitative estimate of drug-likeness (QED) is 0.150. The molecule has 1 unspecified atom stereocenters. The molecule has 2 aliphatic carbocycles. The zero-order chi connectivity index (χ0) is 46.9. The second-order valence-electron chi connectivity index (χ2n) is 18.8. The van der Waals surface area contributed by atoms with Gasteiger partial charge in [-0.1, -0.05) is 224 Å². The minimum atomic E-state index is -0.624. The Morgan fingerprint density at radius 2 is 0.676 bits per heavy atom. The van der Waals surface area contributed by atoms with Gasteiger partial charge in [-0.3, -0.25) is 0 Å². The minimum Gasteiger partial charge on any atom is -0.310 e. The first-order valence-corrected chi connectivity index (χ1v) is 24.6. The van der Waals surface area contributed by atoms with Gasteiger partial charge in [-0.15, -0.1) is 0 Å². The smallest absolute Gasteiger partial charge is 0.0727 e. The predicted octanol–water partition coefficient (Wildman–Crippen LogP) is 18.6. The van der Waals surface area contributed by atoms with Crippen LogP contribution in [0.3, 0.4) is 0 Å². The maximum Gasteiger partial charge on any atom is 0.0727 e. The van der Waals surface area contributed by atoms with Gasteiger partial charge in [0, 0.05) is 39.3 Å². The number of hydrogen-bond donors (Lipinski definition) is 0. The molecule has 14 rings (SSSR count). The summed E-state index contributed by atoms with van der Waals surface area (Å²) in [5.74, 6) is 0. The van der Waals surface area contributed by atoms with E-state index in [0.29, 0.717) is 0 Å². The van der Waals surface area contributed by atoms with Gasteiger partial charge in [0.1, 0.15) is 0 Å². The Balaban J connectivity index is 1.04. The largest absolute Gasteiger partial charge is 0.310 e. The normalized spacial score (nSPS) is 14.0. The van der Waals surface area contributed by atoms with Crippen LogP contribution in [0.1, 0.15) is 22.3 Å². The van der Waals surface area contributed by atoms with Crippen LogP contribution >= 0.6 is 0 Å². The van der Waals surface area contributed by atoms with Crippen molar-refractivity contribution in [3.05, 3.63) is 301 Å². The molecule has 332 valence electrons. The molecule has 71 heavy (non-hydrogen) atoms. The molecule has 0 saturated carbocycles. The van der Waals surface area contributed by atoms with Crippen molar-refractivity contribution in [3.63, 3.8) is 0 Å². The Morgan fingerprint density at radius 3 is 1.34 bits per heavy atom. The van der Waals surface area contributed by atoms with Crippen molar-refractivity contribution < 1.29 is 0 Å². The molecule has 0 saturated heterocycles. The average Bonchev–Trinajstić information content (AvgIpc) is 3.91. The average molecular weight is 903 g/mol. The van der Waals surface area contributed by atoms with Gasteiger partial charge >= 0.3 is 0 Å². The Kier molecular flexibility index (Phi) is 9.47. The molecule has 0 aromatic heterocycles. The highest BCUT2D eigenvalue weighted by Crippen LogP contribution is 2.64. The molecule has 1 spiro atoms. The molecule has 0 N–H and O–H groups in total. The molecule has 2 aliphatic rings. The summed E-state index contributed by atoms with van der Waals surface area (Å²) in [4.78, 5) is 4.98. The van der Waals surface area contributed by atoms with Crippen molar-refractivity contribution in [2.24, 2.45) is 0 Å². The maximum absolute atomic E-state index is 2.52. The molecule has 2 nitrogen and oxygen atoms in total. The highest BCUT2D eigenvalue weighted by atomic mass is 15.2. The number of para-hydroxylation sites is 2. The fraction of sp³-hybridized carbons (Fsp3) is 0.0145. The van der Waals surface area contributed by atoms with Gasteiger partial charge in [-0.25, -0.2) is 0 Å². The molecule has 0 aliphatic heterocycles. The van der Waals surface area contributed by atoms with Crippen LogP contribution in [0.2, 0.25) is 0 Å². The Hall–Kier alpha value is -9.24. The monoisotopic (exact) mass is 902 g/mol. The number of fused-ring (bicyclic) bond motifs is 12. The molecule has 0 amide bonds. The van der Waals surface area contributed by atoms with Crippen LogP contribution in [0, 0.1) is 0 Å². The third kappa shape index (κ3) is 6.35. The van der Waals surface area contributed by atoms with Crippen molar-refractivity contribution in [2.45, 2.75) is 5.41 Å². The molecule has 0 radical (unpaired) electrons. The second-order valence-corrected chi connectivity index (χ2v) is 18.8. The number of anilines is 6. The van der Waals surface area contributed by atoms with Gasteiger partial charge in [0.2, 0.25) is 0 Å². The highest BCUT2D eigenvalue weighted by molar-refractivity contribution is 6.07. The Morgan fingerprint density at radius 1 is 0.239 bits per heavy atom. The predicted molar refractivity (Wildman–Crippen MR) is 298 cm³/mol. The van der Waals surface area contributed by atoms with E-state index in [4.69, 9.17) is 0 Å². The summed E-state index contributed by atoms with van der Waals surface area (Å²) >= 11 is 0. The third-order valence-electron chi connectivity index (χ3n) is 15.0. The third-order valence-corrected chi connectivity index (χ3v) is 15.0. The van der Waals surface area contributed by atoms with Crippen molar-refractivity contribution in [2.75, 3.05) is 9.80 Å². The summed E-state index contributed by atoms with van der Waals surface area (Å²) in [6.07, 6.45) is 0. The number of nitrogens with zero attached hydrogens (tertiary/aromatic N) is 2. The number of rotatable bonds is 8. The van der Waals surface area contributed by atoms with Crippen LogP contribution in [-0.4, -0.2) is 0 Å². The van der Waals surface area contributed by atoms with Crippen molar-refractivity contribution in [1.29, 1.82) is 0 Å². The van der Waals surface area contributed by atoms with Gasteiger partial charge in [-0.05, 0) is 126 Å². The fourth-order valence-electron chi connectivity index (χ4n) is 12.0. The van der Waals surface area contributed by atoms with E-state index >= 15 is 0 Å². The van der Waals surface area contributed by atoms with Gasteiger partial charge < -0.3 is 9.80 Å². The van der Waals surface area contributed by atoms with Crippen LogP contribution in [0.25, 0.3) is 66.1 Å². The fourth-order valence-corrected chi connectivity index (χ4v) is 12.0. The van der Waals surface area contributed by atoms with E-state index in [1.165, 1.54) is 88.3 Å². The molecule has 2 heteroatoms. The van der Waals surface area contributed by atoms with E-state index in [1.807, 2.05) is 0 Å². The first kappa shape index (κ1) is 40.8. The molecule has 12 aromatic carbocycles. The van der Waals surface area contributed by atoms with E-state index < -0.39 is 5.41 Å². The van der Waals surface area contributed by atoms with Gasteiger partial charge in [0.25, 0.3) is 0 Å². The molecule has 0 heterocycles. The minimum absolute atomic E-state index is 0.624. The highest BCUT2D eigenvalue weighted by Gasteiger charge is 2.52. The molecular weight excluding hydrogens is 857 g/mol. The molecular formula is C69H46N2. The van der Waals surface area contributed by atoms with E-state index in [-0.39, 0.29) is 0 Å². The van der Waals surface area contributed by atoms with Crippen LogP contribution in [0.4, 0.5) is 34.1 Å². The standard InChI is InChI=1S/C69H46N2/c1-4-21-48(22-5-1)56-29-16-19-35-67(56)70(53-38-36-47-20-10-11-26-51(47)44-53)54-39-42-61-59-31-14-17-33-63(59)69(65(61)45-54)64-34-18-15-32-60(64)62-43-40-55(46-66(62)69)71(52-27-8-3-9-28-52)68-57-30-13-12-25-50(57)37-41-58(68)49-23-6-2-7-24-49/h1-46H. The lowest BCUT2D eigenvalue weighted by atomic mass is 9.70. The van der Waals surface area contributed by atoms with E-state index in [2.05, 4.69) is 289 Å². The lowest BCUT2D eigenvalue weighted by Gasteiger charge is -2.34. The zero-order valence-electron chi connectivity index (χ0n) is 39.0. The molecule has 0 bridgehead atoms. The lowest BCUT2D eigenvalue weighted by Crippen LogP contribution is -2.26. The molecule has 12 aromatic rings. The number of hydrogen-bond acceptors (Lipinski definition) is 2. The van der Waals surface area contributed by atoms with Crippen molar-refractivity contribution in [3.8, 4) is 44.5 Å². The first-order chi connectivity index (χ1) is 35.2. The summed E-state index contributed by atoms with van der Waals surface area (Å²) in [5, 5.41) is 4.81. The van der Waals surface area contributed by atoms with Gasteiger partial charge in [-0.2, -0.15) is 0 Å². The van der Waals surface area contributed by atoms with Crippen LogP contribution in [0.5, 0.6) is 0 Å². The van der Waals surface area contributed by atoms with Crippen LogP contribution < -0.4 is 9.80 Å². The second kappa shape index (κ2) is 16.5. The summed E-state index contributed by atoms with van der Waals surface area (Å²) in [6.45, 7) is 0. The zero-order valence-corrected chi connectivity index (χ0v) is 39.0. The summed E-state index contributed by atoms with van der Waals surface area (Å²) in [7, 11) is 0. The summed E-state index contributed by atoms with van der Waals surface area (Å²) in [6, 6.07) is 103. The number of benzene rings is 12. The topological polar surface area (TPSA) is 6.48 Å². The summed E-state index contributed by atoms with van der Waals surface area (Å²) in [5.41, 5.74) is 21.0. The summed E-state index contributed by atoms with van der Waals surface area (Å²) < 4.78 is 0. The molecule has 0 fully saturated rings. The van der Waals surface area contributed by atoms with Gasteiger partial charge in [0.05, 0.1) is 16.8 Å². The van der Waals surface area contributed by atoms with E-state index in [1.54, 1.807) is 0 Å². The van der Waals surface area contributed by atoms with Crippen LogP contribution in [-0.2, 0) is 5.41 Å². The first-order valence-electron chi connectivity index (χ1n) is 24.6. The SMILES string of the molecule is c1ccc(-c2ccccc2N(c2ccc3c(c2)C2(c4ccccc4-3)c3ccccc3-c3ccc(N(c4ccccc4)c4c(-c5ccccc5)ccc5ccccc45)cc32)c2ccc3ccccc3c2)cc1. The van der Waals surface area contributed by atoms with Gasteiger partial charge in [0.15, 0.2) is 0 Å². The maximum atomic E-state index is 2.52. The molecule has 1 atom stereocenters. The van der Waals surface area contributed by atoms with Crippen molar-refractivity contribution >= 4 is 55.7 Å². The Bertz CT molecular complexity index is 4000. The Labute approximate surface area is 414 Å². The van der Waals surface area contributed by atoms with Crippen molar-refractivity contribution in [1.82, 2.24) is 0 Å². The van der Waals surface area contributed by atoms with E-state index in [0.717, 1.165) is 34.1 Å².